The van der Waals surface area contributed by atoms with Crippen molar-refractivity contribution in [3.63, 3.8) is 0 Å². The number of aryl methyl sites for hydroxylation is 2. The van der Waals surface area contributed by atoms with Crippen LogP contribution >= 0.6 is 0 Å². The minimum absolute atomic E-state index is 0.128. The molecular formula is C27H25F2N3O4. The quantitative estimate of drug-likeness (QED) is 0.434. The van der Waals surface area contributed by atoms with Crippen LogP contribution in [0.4, 0.5) is 20.2 Å². The van der Waals surface area contributed by atoms with Crippen LogP contribution in [0.15, 0.2) is 54.6 Å². The number of esters is 1. The van der Waals surface area contributed by atoms with E-state index in [9.17, 15) is 23.2 Å². The molecule has 186 valence electrons. The third-order valence-electron chi connectivity index (χ3n) is 6.09. The van der Waals surface area contributed by atoms with Crippen molar-refractivity contribution in [2.24, 2.45) is 5.73 Å². The summed E-state index contributed by atoms with van der Waals surface area (Å²) in [6.07, 6.45) is 1.37. The highest BCUT2D eigenvalue weighted by Gasteiger charge is 2.23. The van der Waals surface area contributed by atoms with Crippen molar-refractivity contribution >= 4 is 29.0 Å². The number of carbonyl (C=O) groups is 3. The first-order valence-corrected chi connectivity index (χ1v) is 11.4. The van der Waals surface area contributed by atoms with Crippen molar-refractivity contribution in [2.45, 2.75) is 25.3 Å². The van der Waals surface area contributed by atoms with Crippen LogP contribution < -0.4 is 16.4 Å². The Kier molecular flexibility index (Phi) is 7.40. The summed E-state index contributed by atoms with van der Waals surface area (Å²) in [6.45, 7) is 0.174. The van der Waals surface area contributed by atoms with Gasteiger partial charge in [-0.15, -0.1) is 0 Å². The number of ketones is 1. The van der Waals surface area contributed by atoms with Gasteiger partial charge in [0.2, 0.25) is 0 Å². The van der Waals surface area contributed by atoms with Crippen LogP contribution in [0.2, 0.25) is 0 Å². The van der Waals surface area contributed by atoms with Crippen LogP contribution in [0, 0.1) is 11.6 Å². The number of halogens is 2. The van der Waals surface area contributed by atoms with Gasteiger partial charge in [0.15, 0.2) is 5.78 Å². The number of hydrogen-bond donors (Lipinski definition) is 3. The zero-order valence-electron chi connectivity index (χ0n) is 19.6. The zero-order valence-corrected chi connectivity index (χ0v) is 19.6. The number of rotatable bonds is 7. The van der Waals surface area contributed by atoms with Crippen molar-refractivity contribution in [2.75, 3.05) is 19.0 Å². The molecule has 4 rings (SSSR count). The number of amides is 1. The van der Waals surface area contributed by atoms with Crippen molar-refractivity contribution in [1.82, 2.24) is 5.32 Å². The molecule has 1 amide bonds. The number of hydrogen-bond acceptors (Lipinski definition) is 6. The first-order chi connectivity index (χ1) is 17.3. The molecule has 0 bridgehead atoms. The lowest BCUT2D eigenvalue weighted by atomic mass is 9.96. The van der Waals surface area contributed by atoms with Crippen LogP contribution in [0.3, 0.4) is 0 Å². The summed E-state index contributed by atoms with van der Waals surface area (Å²) in [4.78, 5) is 37.4. The average Bonchev–Trinajstić information content (AvgIpc) is 3.01. The Morgan fingerprint density at radius 2 is 1.78 bits per heavy atom. The summed E-state index contributed by atoms with van der Waals surface area (Å²) in [7, 11) is 1.24. The maximum atomic E-state index is 14.0. The molecule has 3 aromatic carbocycles. The Bertz CT molecular complexity index is 1340. The highest BCUT2D eigenvalue weighted by atomic mass is 19.1. The van der Waals surface area contributed by atoms with E-state index in [4.69, 9.17) is 5.73 Å². The van der Waals surface area contributed by atoms with E-state index >= 15 is 0 Å². The van der Waals surface area contributed by atoms with Gasteiger partial charge in [-0.05, 0) is 72.9 Å². The summed E-state index contributed by atoms with van der Waals surface area (Å²) >= 11 is 0. The van der Waals surface area contributed by atoms with Gasteiger partial charge in [0.1, 0.15) is 17.7 Å². The molecule has 36 heavy (non-hydrogen) atoms. The number of benzene rings is 3. The molecule has 0 radical (unpaired) electrons. The van der Waals surface area contributed by atoms with Crippen LogP contribution in [-0.2, 0) is 22.4 Å². The summed E-state index contributed by atoms with van der Waals surface area (Å²) in [6, 6.07) is 12.5. The number of nitrogens with one attached hydrogen (secondary N) is 2. The molecule has 0 heterocycles. The monoisotopic (exact) mass is 493 g/mol. The molecule has 0 saturated heterocycles. The topological polar surface area (TPSA) is 111 Å². The molecule has 1 aliphatic rings. The Morgan fingerprint density at radius 1 is 1.00 bits per heavy atom. The number of nitrogens with two attached hydrogens (primary N) is 1. The van der Waals surface area contributed by atoms with E-state index in [-0.39, 0.29) is 30.3 Å². The van der Waals surface area contributed by atoms with E-state index in [0.29, 0.717) is 35.2 Å². The Hall–Kier alpha value is -4.11. The van der Waals surface area contributed by atoms with Crippen LogP contribution in [0.1, 0.15) is 43.8 Å². The summed E-state index contributed by atoms with van der Waals surface area (Å²) < 4.78 is 31.8. The Morgan fingerprint density at radius 3 is 2.53 bits per heavy atom. The number of anilines is 2. The first-order valence-electron chi connectivity index (χ1n) is 11.4. The predicted molar refractivity (Wildman–Crippen MR) is 130 cm³/mol. The number of methoxy groups -OCH3 is 1. The van der Waals surface area contributed by atoms with Crippen LogP contribution in [0.25, 0.3) is 0 Å². The third-order valence-corrected chi connectivity index (χ3v) is 6.09. The second-order valence-electron chi connectivity index (χ2n) is 8.50. The molecule has 0 aliphatic heterocycles. The largest absolute Gasteiger partial charge is 0.468 e. The minimum Gasteiger partial charge on any atom is -0.468 e. The average molecular weight is 494 g/mol. The highest BCUT2D eigenvalue weighted by Crippen LogP contribution is 2.29. The van der Waals surface area contributed by atoms with E-state index in [1.54, 1.807) is 36.4 Å². The Balaban J connectivity index is 1.50. The predicted octanol–water partition coefficient (Wildman–Crippen LogP) is 3.66. The van der Waals surface area contributed by atoms with Gasteiger partial charge in [-0.3, -0.25) is 14.4 Å². The van der Waals surface area contributed by atoms with Crippen LogP contribution in [0.5, 0.6) is 0 Å². The van der Waals surface area contributed by atoms with E-state index < -0.39 is 23.6 Å². The highest BCUT2D eigenvalue weighted by molar-refractivity contribution is 6.12. The molecule has 0 fully saturated rings. The number of carbonyl (C=O) groups excluding carboxylic acids is 3. The Labute approximate surface area is 206 Å². The molecule has 0 saturated carbocycles. The lowest BCUT2D eigenvalue weighted by Crippen LogP contribution is -2.36. The van der Waals surface area contributed by atoms with Gasteiger partial charge in [-0.2, -0.15) is 0 Å². The molecule has 1 unspecified atom stereocenters. The number of fused-ring (bicyclic) bond motifs is 2. The lowest BCUT2D eigenvalue weighted by molar-refractivity contribution is -0.142. The molecule has 1 atom stereocenters. The van der Waals surface area contributed by atoms with Crippen molar-refractivity contribution in [3.05, 3.63) is 94.0 Å². The maximum absolute atomic E-state index is 14.0. The molecular weight excluding hydrogens is 468 g/mol. The SMILES string of the molecule is COC(=O)C(N)CCNC(=O)c1ccc2c(c1)C(=O)c1ccc(Nc3ccc(F)cc3F)cc1CC2. The molecule has 3 aromatic rings. The number of ether oxygens (including phenoxy) is 1. The van der Waals surface area contributed by atoms with Gasteiger partial charge in [0.05, 0.1) is 12.8 Å². The fraction of sp³-hybridized carbons (Fsp3) is 0.222. The van der Waals surface area contributed by atoms with E-state index in [0.717, 1.165) is 23.3 Å². The molecule has 4 N–H and O–H groups in total. The molecule has 7 nitrogen and oxygen atoms in total. The van der Waals surface area contributed by atoms with E-state index in [1.165, 1.54) is 13.2 Å². The molecule has 1 aliphatic carbocycles. The van der Waals surface area contributed by atoms with Gasteiger partial charge in [-0.1, -0.05) is 6.07 Å². The van der Waals surface area contributed by atoms with Crippen LogP contribution in [-0.4, -0.2) is 37.4 Å². The smallest absolute Gasteiger partial charge is 0.322 e. The summed E-state index contributed by atoms with van der Waals surface area (Å²) in [5, 5.41) is 5.63. The second-order valence-corrected chi connectivity index (χ2v) is 8.50. The molecule has 9 heteroatoms. The van der Waals surface area contributed by atoms with Gasteiger partial charge in [0, 0.05) is 35.0 Å². The minimum atomic E-state index is -0.834. The fourth-order valence-electron chi connectivity index (χ4n) is 4.12. The summed E-state index contributed by atoms with van der Waals surface area (Å²) in [5.41, 5.74) is 9.25. The van der Waals surface area contributed by atoms with E-state index in [2.05, 4.69) is 15.4 Å². The van der Waals surface area contributed by atoms with Gasteiger partial charge >= 0.3 is 5.97 Å². The maximum Gasteiger partial charge on any atom is 0.322 e. The molecule has 0 spiro atoms. The summed E-state index contributed by atoms with van der Waals surface area (Å²) in [5.74, 6) is -2.53. The normalized spacial score (nSPS) is 13.2. The van der Waals surface area contributed by atoms with Gasteiger partial charge < -0.3 is 21.1 Å². The third kappa shape index (κ3) is 5.41. The standard InChI is InChI=1S/C27H25F2N3O4/c1-36-27(35)23(30)10-11-31-26(34)17-5-3-15-2-4-16-12-19(7-8-20(16)25(33)21(15)13-17)32-24-9-6-18(28)14-22(24)29/h3,5-9,12-14,23,32H,2,4,10-11,30H2,1H3,(H,31,34). The van der Waals surface area contributed by atoms with Crippen molar-refractivity contribution in [1.29, 1.82) is 0 Å². The van der Waals surface area contributed by atoms with Crippen molar-refractivity contribution in [3.8, 4) is 0 Å². The van der Waals surface area contributed by atoms with Gasteiger partial charge in [-0.25, -0.2) is 8.78 Å². The zero-order chi connectivity index (χ0) is 25.8. The first kappa shape index (κ1) is 25.0. The second kappa shape index (κ2) is 10.7. The van der Waals surface area contributed by atoms with Gasteiger partial charge in [0.25, 0.3) is 5.91 Å². The van der Waals surface area contributed by atoms with E-state index in [1.807, 2.05) is 0 Å². The lowest BCUT2D eigenvalue weighted by Gasteiger charge is -2.12. The molecule has 0 aromatic heterocycles. The fourth-order valence-corrected chi connectivity index (χ4v) is 4.12. The van der Waals surface area contributed by atoms with Crippen molar-refractivity contribution < 1.29 is 27.9 Å².